The Kier molecular flexibility index (Phi) is 11.9. The van der Waals surface area contributed by atoms with Gasteiger partial charge in [-0.3, -0.25) is 0 Å². The minimum absolute atomic E-state index is 0.0270. The highest BCUT2D eigenvalue weighted by Gasteiger charge is 2.47. The van der Waals surface area contributed by atoms with Crippen LogP contribution in [-0.2, 0) is 5.41 Å². The van der Waals surface area contributed by atoms with Gasteiger partial charge in [-0.05, 0) is 169 Å². The summed E-state index contributed by atoms with van der Waals surface area (Å²) in [6.07, 6.45) is 0. The molecular formula is C106H71BN4S2. The van der Waals surface area contributed by atoms with Crippen molar-refractivity contribution in [2.24, 2.45) is 0 Å². The second-order valence-electron chi connectivity index (χ2n) is 30.3. The topological polar surface area (TPSA) is 16.3 Å². The van der Waals surface area contributed by atoms with Crippen LogP contribution in [0.25, 0.3) is 162 Å². The summed E-state index contributed by atoms with van der Waals surface area (Å²) in [5.41, 5.74) is 17.2. The second kappa shape index (κ2) is 25.5. The number of benzene rings is 17. The second-order valence-corrected chi connectivity index (χ2v) is 32.4. The van der Waals surface area contributed by atoms with Gasteiger partial charge in [-0.15, -0.1) is 22.7 Å². The maximum absolute atomic E-state index is 10.4. The Hall–Kier alpha value is -13.6. The normalized spacial score (nSPS) is 14.4. The van der Waals surface area contributed by atoms with Gasteiger partial charge in [0.1, 0.15) is 0 Å². The number of nitrogens with zero attached hydrogens (tertiary/aromatic N) is 4. The predicted molar refractivity (Wildman–Crippen MR) is 486 cm³/mol. The Balaban J connectivity index is 0.929. The molecule has 17 aromatic carbocycles. The van der Waals surface area contributed by atoms with Crippen LogP contribution in [0.4, 0.5) is 34.1 Å². The third-order valence-corrected chi connectivity index (χ3v) is 25.3. The molecule has 6 heterocycles. The van der Waals surface area contributed by atoms with Gasteiger partial charge in [0, 0.05) is 118 Å². The quantitative estimate of drug-likeness (QED) is 0.127. The molecule has 7 heteroatoms. The van der Waals surface area contributed by atoms with Crippen molar-refractivity contribution in [1.29, 1.82) is 0 Å². The van der Waals surface area contributed by atoms with Crippen LogP contribution in [-0.4, -0.2) is 15.8 Å². The first-order valence-electron chi connectivity index (χ1n) is 45.0. The molecule has 0 radical (unpaired) electrons. The molecule has 23 rings (SSSR count). The molecule has 2 aliphatic rings. The lowest BCUT2D eigenvalue weighted by atomic mass is 9.33. The first-order valence-corrected chi connectivity index (χ1v) is 39.7. The van der Waals surface area contributed by atoms with E-state index in [1.54, 1.807) is 80.3 Å². The Morgan fingerprint density at radius 2 is 0.655 bits per heavy atom. The number of rotatable bonds is 10. The molecule has 4 aromatic heterocycles. The van der Waals surface area contributed by atoms with Crippen molar-refractivity contribution in [3.8, 4) is 78.1 Å². The van der Waals surface area contributed by atoms with Crippen molar-refractivity contribution in [2.75, 3.05) is 9.80 Å². The lowest BCUT2D eigenvalue weighted by Crippen LogP contribution is -2.61. The highest BCUT2D eigenvalue weighted by molar-refractivity contribution is 7.27. The van der Waals surface area contributed by atoms with E-state index in [4.69, 9.17) is 0 Å². The fourth-order valence-corrected chi connectivity index (χ4v) is 20.3. The molecule has 0 fully saturated rings. The van der Waals surface area contributed by atoms with Crippen LogP contribution in [0, 0.1) is 0 Å². The minimum atomic E-state index is -0.748. The fraction of sp³-hybridized carbons (Fsp3) is 0.0377. The maximum Gasteiger partial charge on any atom is 0.252 e. The summed E-state index contributed by atoms with van der Waals surface area (Å²) >= 11 is 3.44. The number of aromatic nitrogens is 2. The van der Waals surface area contributed by atoms with Gasteiger partial charge in [0.25, 0.3) is 6.71 Å². The van der Waals surface area contributed by atoms with E-state index in [1.165, 1.54) is 0 Å². The number of hydrogen-bond donors (Lipinski definition) is 0. The first kappa shape index (κ1) is 52.5. The lowest BCUT2D eigenvalue weighted by Gasteiger charge is -2.46. The lowest BCUT2D eigenvalue weighted by molar-refractivity contribution is 0.590. The number of fused-ring (bicyclic) bond motifs is 16. The Labute approximate surface area is 683 Å². The summed E-state index contributed by atoms with van der Waals surface area (Å²) in [7, 11) is 0. The molecule has 0 N–H and O–H groups in total. The van der Waals surface area contributed by atoms with Gasteiger partial charge < -0.3 is 18.9 Å². The number of para-hydroxylation sites is 2. The van der Waals surface area contributed by atoms with Crippen molar-refractivity contribution < 1.29 is 19.2 Å². The molecule has 0 atom stereocenters. The third-order valence-electron chi connectivity index (χ3n) is 22.9. The average Bonchev–Trinajstić information content (AvgIpc) is 1.68. The zero-order valence-electron chi connectivity index (χ0n) is 75.4. The van der Waals surface area contributed by atoms with Crippen molar-refractivity contribution in [1.82, 2.24) is 9.13 Å². The molecule has 530 valence electrons. The average molecular weight is 1490 g/mol. The van der Waals surface area contributed by atoms with Gasteiger partial charge in [0.05, 0.1) is 52.6 Å². The largest absolute Gasteiger partial charge is 0.310 e. The van der Waals surface area contributed by atoms with Crippen molar-refractivity contribution in [3.05, 3.63) is 381 Å². The standard InChI is InChI=1S/C106H71BN4S2/c1-106(2,3)74-60-95-101-96(61-74)111(103-82(69-36-16-7-17-37-69)65-84(71-40-20-9-21-41-71)105-100(103)80-45-25-29-49-98(80)113-105)94-63-76(109-90-47-27-23-43-78(90)86-59-73(51-57-92(86)109)67-32-12-5-13-33-67)53-55-88(94)107(101)87-54-52-75(108-89-46-26-22-42-77(89)85-58-72(50-56-91(85)108)66-30-10-4-11-31-66)62-93(87)110(95)102-81(68-34-14-6-15-35-68)64-83(70-38-18-8-19-39-70)104-99(102)79-44-24-28-48-97(79)112-104/h4-65H,1-3H3/i22D,23D,26D,27D,42D,43D,46D,47D,50D,51D,56D,57D,58D,59D. The molecule has 0 saturated carbocycles. The third kappa shape index (κ3) is 10.1. The number of hydrogen-bond acceptors (Lipinski definition) is 4. The molecular weight excluding hydrogens is 1400 g/mol. The summed E-state index contributed by atoms with van der Waals surface area (Å²) in [4.78, 5) is 4.86. The van der Waals surface area contributed by atoms with E-state index in [0.29, 0.717) is 33.9 Å². The van der Waals surface area contributed by atoms with E-state index < -0.39 is 60.5 Å². The van der Waals surface area contributed by atoms with Gasteiger partial charge in [-0.2, -0.15) is 0 Å². The van der Waals surface area contributed by atoms with Gasteiger partial charge in [-0.1, -0.05) is 300 Å². The molecule has 2 aliphatic heterocycles. The van der Waals surface area contributed by atoms with Crippen molar-refractivity contribution in [2.45, 2.75) is 26.2 Å². The van der Waals surface area contributed by atoms with Crippen molar-refractivity contribution >= 4 is 164 Å². The zero-order valence-corrected chi connectivity index (χ0v) is 63.0. The van der Waals surface area contributed by atoms with Gasteiger partial charge in [-0.25, -0.2) is 0 Å². The van der Waals surface area contributed by atoms with E-state index in [-0.39, 0.29) is 91.0 Å². The highest BCUT2D eigenvalue weighted by Crippen LogP contribution is 2.59. The van der Waals surface area contributed by atoms with Crippen LogP contribution in [0.1, 0.15) is 45.5 Å². The fourth-order valence-electron chi connectivity index (χ4n) is 17.8. The predicted octanol–water partition coefficient (Wildman–Crippen LogP) is 28.0. The van der Waals surface area contributed by atoms with Gasteiger partial charge in [0.2, 0.25) is 0 Å². The molecule has 0 unspecified atom stereocenters. The molecule has 0 spiro atoms. The summed E-state index contributed by atoms with van der Waals surface area (Å²) in [6, 6.07) is 93.6. The van der Waals surface area contributed by atoms with Crippen LogP contribution in [0.15, 0.2) is 376 Å². The minimum Gasteiger partial charge on any atom is -0.310 e. The number of anilines is 6. The summed E-state index contributed by atoms with van der Waals surface area (Å²) in [5, 5.41) is 4.18. The SMILES string of the molecule is [2H]c1c([2H])c([2H])c2c(c1[2H])c1c([2H])c(-c3ccccc3)c([2H])c([2H])c1n2-c1ccc2c(c1)N(c1c(-c3ccccc3)cc(-c3ccccc3)c3sc4ccccc4c13)c1cc(C(C)(C)C)cc3c1B2c1ccc(-n2c4c([2H])c([2H])c([2H])c([2H])c4c4c([2H])c(-c5ccccc5)c([2H])c([2H])c42)cc1N3c1c(-c2ccccc2)cc(-c2ccccc2)c2sc3ccccc3c12. The van der Waals surface area contributed by atoms with Crippen LogP contribution >= 0.6 is 22.7 Å². The van der Waals surface area contributed by atoms with E-state index in [1.807, 2.05) is 48.5 Å². The van der Waals surface area contributed by atoms with Crippen molar-refractivity contribution in [3.63, 3.8) is 0 Å². The monoisotopic (exact) mass is 1490 g/mol. The molecule has 0 saturated heterocycles. The smallest absolute Gasteiger partial charge is 0.252 e. The summed E-state index contributed by atoms with van der Waals surface area (Å²) in [5.74, 6) is 0. The van der Waals surface area contributed by atoms with Crippen LogP contribution in [0.3, 0.4) is 0 Å². The van der Waals surface area contributed by atoms with Crippen LogP contribution < -0.4 is 26.2 Å². The highest BCUT2D eigenvalue weighted by atomic mass is 32.1. The molecule has 21 aromatic rings. The molecule has 113 heavy (non-hydrogen) atoms. The van der Waals surface area contributed by atoms with E-state index in [0.717, 1.165) is 130 Å². The Morgan fingerprint density at radius 1 is 0.301 bits per heavy atom. The van der Waals surface area contributed by atoms with Gasteiger partial charge >= 0.3 is 0 Å². The summed E-state index contributed by atoms with van der Waals surface area (Å²) in [6.45, 7) is 5.92. The molecule has 0 aliphatic carbocycles. The molecule has 4 nitrogen and oxygen atoms in total. The van der Waals surface area contributed by atoms with E-state index >= 15 is 0 Å². The van der Waals surface area contributed by atoms with E-state index in [9.17, 15) is 19.2 Å². The first-order chi connectivity index (χ1) is 61.6. The Morgan fingerprint density at radius 3 is 1.05 bits per heavy atom. The zero-order chi connectivity index (χ0) is 86.9. The maximum atomic E-state index is 10.4. The van der Waals surface area contributed by atoms with Crippen LogP contribution in [0.5, 0.6) is 0 Å². The summed E-state index contributed by atoms with van der Waals surface area (Å²) < 4.78 is 147. The molecule has 0 bridgehead atoms. The molecule has 0 amide bonds. The van der Waals surface area contributed by atoms with E-state index in [2.05, 4.69) is 225 Å². The van der Waals surface area contributed by atoms with Crippen LogP contribution in [0.2, 0.25) is 0 Å². The number of thiophene rings is 2. The Bertz CT molecular complexity index is 7890. The van der Waals surface area contributed by atoms with Gasteiger partial charge in [0.15, 0.2) is 0 Å².